The number of benzene rings is 1. The van der Waals surface area contributed by atoms with Gasteiger partial charge in [0.25, 0.3) is 0 Å². The molecule has 2 bridgehead atoms. The maximum absolute atomic E-state index is 12.9. The normalized spacial score (nSPS) is 27.4. The topological polar surface area (TPSA) is 43.4 Å². The minimum atomic E-state index is -1.00. The van der Waals surface area contributed by atoms with Crippen molar-refractivity contribution in [1.29, 1.82) is 0 Å². The van der Waals surface area contributed by atoms with Crippen molar-refractivity contribution in [1.82, 2.24) is 0 Å². The maximum Gasteiger partial charge on any atom is 0.320 e. The Labute approximate surface area is 143 Å². The molecule has 126 valence electrons. The zero-order valence-corrected chi connectivity index (χ0v) is 14.8. The van der Waals surface area contributed by atoms with Gasteiger partial charge in [-0.1, -0.05) is 48.4 Å². The van der Waals surface area contributed by atoms with Crippen molar-refractivity contribution >= 4 is 17.3 Å². The predicted molar refractivity (Wildman–Crippen MR) is 94.2 cm³/mol. The first-order chi connectivity index (χ1) is 11.5. The standard InChI is InChI=1S/C21H24O3/c1-5-15(14-9-7-6-8-10-14)16-11-21(20(23)24-4)12-17(16)18(13(2)3)19(21)22/h6-10,17H,5,11-12H2,1-4H3/b16-15+/t17-,21+/m1/s1. The van der Waals surface area contributed by atoms with E-state index in [0.29, 0.717) is 12.8 Å². The van der Waals surface area contributed by atoms with Crippen molar-refractivity contribution in [2.24, 2.45) is 11.3 Å². The number of carbonyl (C=O) groups is 2. The van der Waals surface area contributed by atoms with Gasteiger partial charge in [0.15, 0.2) is 5.78 Å². The number of rotatable bonds is 3. The Morgan fingerprint density at radius 2 is 1.92 bits per heavy atom. The molecule has 0 aliphatic heterocycles. The summed E-state index contributed by atoms with van der Waals surface area (Å²) in [6, 6.07) is 10.3. The van der Waals surface area contributed by atoms with Gasteiger partial charge in [-0.3, -0.25) is 9.59 Å². The Morgan fingerprint density at radius 1 is 1.25 bits per heavy atom. The average Bonchev–Trinajstić information content (AvgIpc) is 3.10. The summed E-state index contributed by atoms with van der Waals surface area (Å²) in [6.45, 7) is 6.06. The van der Waals surface area contributed by atoms with Crippen LogP contribution in [0.15, 0.2) is 47.1 Å². The Balaban J connectivity index is 2.19. The van der Waals surface area contributed by atoms with E-state index in [1.54, 1.807) is 0 Å². The molecule has 2 aliphatic rings. The van der Waals surface area contributed by atoms with Gasteiger partial charge in [0, 0.05) is 11.5 Å². The van der Waals surface area contributed by atoms with E-state index < -0.39 is 5.41 Å². The number of hydrogen-bond acceptors (Lipinski definition) is 3. The molecule has 0 aromatic heterocycles. The van der Waals surface area contributed by atoms with E-state index in [4.69, 9.17) is 4.74 Å². The fourth-order valence-corrected chi connectivity index (χ4v) is 4.45. The molecule has 0 N–H and O–H groups in total. The molecule has 0 saturated heterocycles. The molecular formula is C21H24O3. The molecular weight excluding hydrogens is 300 g/mol. The monoisotopic (exact) mass is 324 g/mol. The van der Waals surface area contributed by atoms with E-state index in [1.165, 1.54) is 23.8 Å². The molecule has 0 spiro atoms. The number of methoxy groups -OCH3 is 1. The fourth-order valence-electron chi connectivity index (χ4n) is 4.45. The predicted octanol–water partition coefficient (Wildman–Crippen LogP) is 4.34. The summed E-state index contributed by atoms with van der Waals surface area (Å²) in [5.74, 6) is -0.351. The molecule has 0 radical (unpaired) electrons. The summed E-state index contributed by atoms with van der Waals surface area (Å²) in [4.78, 5) is 25.4. The second-order valence-corrected chi connectivity index (χ2v) is 6.97. The van der Waals surface area contributed by atoms with E-state index in [9.17, 15) is 9.59 Å². The molecule has 3 rings (SSSR count). The number of Topliss-reactive ketones (excluding diaryl/α,β-unsaturated/α-hetero) is 1. The number of hydrogen-bond donors (Lipinski definition) is 0. The van der Waals surface area contributed by atoms with Gasteiger partial charge in [0.2, 0.25) is 0 Å². The molecule has 0 heterocycles. The van der Waals surface area contributed by atoms with Crippen molar-refractivity contribution < 1.29 is 14.3 Å². The average molecular weight is 324 g/mol. The van der Waals surface area contributed by atoms with Gasteiger partial charge >= 0.3 is 5.97 Å². The van der Waals surface area contributed by atoms with Crippen molar-refractivity contribution in [2.45, 2.75) is 40.0 Å². The molecule has 1 aromatic carbocycles. The first-order valence-corrected chi connectivity index (χ1v) is 8.54. The van der Waals surface area contributed by atoms with Crippen LogP contribution in [0.5, 0.6) is 0 Å². The van der Waals surface area contributed by atoms with Crippen molar-refractivity contribution in [3.63, 3.8) is 0 Å². The third kappa shape index (κ3) is 2.26. The highest BCUT2D eigenvalue weighted by Crippen LogP contribution is 2.60. The lowest BCUT2D eigenvalue weighted by molar-refractivity contribution is -0.155. The maximum atomic E-state index is 12.9. The van der Waals surface area contributed by atoms with Gasteiger partial charge in [0.1, 0.15) is 5.41 Å². The van der Waals surface area contributed by atoms with Crippen LogP contribution >= 0.6 is 0 Å². The van der Waals surface area contributed by atoms with Crippen LogP contribution in [-0.4, -0.2) is 18.9 Å². The summed E-state index contributed by atoms with van der Waals surface area (Å²) < 4.78 is 5.02. The van der Waals surface area contributed by atoms with Crippen LogP contribution < -0.4 is 0 Å². The van der Waals surface area contributed by atoms with Crippen LogP contribution in [0.4, 0.5) is 0 Å². The second-order valence-electron chi connectivity index (χ2n) is 6.97. The Hall–Kier alpha value is -2.16. The minimum absolute atomic E-state index is 0.0217. The number of allylic oxidation sites excluding steroid dienone is 4. The Bertz CT molecular complexity index is 751. The summed E-state index contributed by atoms with van der Waals surface area (Å²) in [5.41, 5.74) is 4.52. The molecule has 0 amide bonds. The van der Waals surface area contributed by atoms with Gasteiger partial charge < -0.3 is 4.74 Å². The molecule has 1 aromatic rings. The summed E-state index contributed by atoms with van der Waals surface area (Å²) >= 11 is 0. The molecule has 2 atom stereocenters. The number of carbonyl (C=O) groups excluding carboxylic acids is 2. The third-order valence-electron chi connectivity index (χ3n) is 5.47. The van der Waals surface area contributed by atoms with E-state index in [0.717, 1.165) is 17.6 Å². The van der Waals surface area contributed by atoms with E-state index in [1.807, 2.05) is 32.0 Å². The van der Waals surface area contributed by atoms with Crippen LogP contribution in [0.2, 0.25) is 0 Å². The highest BCUT2D eigenvalue weighted by molar-refractivity contribution is 6.17. The van der Waals surface area contributed by atoms with Crippen LogP contribution in [0.25, 0.3) is 5.57 Å². The van der Waals surface area contributed by atoms with Crippen LogP contribution in [-0.2, 0) is 14.3 Å². The highest BCUT2D eigenvalue weighted by atomic mass is 16.5. The number of ether oxygens (including phenoxy) is 1. The zero-order chi connectivity index (χ0) is 17.5. The first-order valence-electron chi connectivity index (χ1n) is 8.54. The number of fused-ring (bicyclic) bond motifs is 2. The third-order valence-corrected chi connectivity index (χ3v) is 5.47. The molecule has 2 saturated carbocycles. The summed E-state index contributed by atoms with van der Waals surface area (Å²) in [5, 5.41) is 0. The van der Waals surface area contributed by atoms with Crippen molar-refractivity contribution in [2.75, 3.05) is 7.11 Å². The van der Waals surface area contributed by atoms with E-state index >= 15 is 0 Å². The Morgan fingerprint density at radius 3 is 2.46 bits per heavy atom. The summed E-state index contributed by atoms with van der Waals surface area (Å²) in [6.07, 6.45) is 1.94. The smallest absolute Gasteiger partial charge is 0.320 e. The lowest BCUT2D eigenvalue weighted by atomic mass is 9.76. The largest absolute Gasteiger partial charge is 0.468 e. The van der Waals surface area contributed by atoms with Crippen LogP contribution in [0.1, 0.15) is 45.6 Å². The minimum Gasteiger partial charge on any atom is -0.468 e. The van der Waals surface area contributed by atoms with Gasteiger partial charge in [-0.15, -0.1) is 0 Å². The lowest BCUT2D eigenvalue weighted by Gasteiger charge is -2.27. The molecule has 3 heteroatoms. The van der Waals surface area contributed by atoms with Crippen molar-refractivity contribution in [3.05, 3.63) is 52.6 Å². The zero-order valence-electron chi connectivity index (χ0n) is 14.8. The SMILES string of the molecule is CC/C(=C1/C[C@]2(C(=O)OC)C[C@H]1C(=C(C)C)C2=O)c1ccccc1. The number of esters is 1. The fraction of sp³-hybridized carbons (Fsp3) is 0.429. The van der Waals surface area contributed by atoms with Gasteiger partial charge in [-0.2, -0.15) is 0 Å². The van der Waals surface area contributed by atoms with Crippen LogP contribution in [0, 0.1) is 11.3 Å². The van der Waals surface area contributed by atoms with Gasteiger partial charge in [-0.05, 0) is 44.2 Å². The molecule has 2 fully saturated rings. The molecule has 0 unspecified atom stereocenters. The van der Waals surface area contributed by atoms with E-state index in [2.05, 4.69) is 19.1 Å². The highest BCUT2D eigenvalue weighted by Gasteiger charge is 2.62. The summed E-state index contributed by atoms with van der Waals surface area (Å²) in [7, 11) is 1.37. The van der Waals surface area contributed by atoms with Crippen LogP contribution in [0.3, 0.4) is 0 Å². The molecule has 24 heavy (non-hydrogen) atoms. The second kappa shape index (κ2) is 6.04. The Kier molecular flexibility index (Phi) is 4.20. The molecule has 2 aliphatic carbocycles. The van der Waals surface area contributed by atoms with E-state index in [-0.39, 0.29) is 17.7 Å². The molecule has 3 nitrogen and oxygen atoms in total. The lowest BCUT2D eigenvalue weighted by Crippen LogP contribution is -2.37. The van der Waals surface area contributed by atoms with Gasteiger partial charge in [0.05, 0.1) is 7.11 Å². The first kappa shape index (κ1) is 16.7. The van der Waals surface area contributed by atoms with Gasteiger partial charge in [-0.25, -0.2) is 0 Å². The van der Waals surface area contributed by atoms with Crippen molar-refractivity contribution in [3.8, 4) is 0 Å². The quantitative estimate of drug-likeness (QED) is 0.472. The number of ketones is 1.